The minimum Gasteiger partial charge on any atom is -0.393 e. The van der Waals surface area contributed by atoms with Crippen LogP contribution in [0.25, 0.3) is 0 Å². The van der Waals surface area contributed by atoms with Crippen LogP contribution in [-0.2, 0) is 0 Å². The molecular formula is C13H21BrN4O. The molecule has 0 atom stereocenters. The van der Waals surface area contributed by atoms with E-state index in [4.69, 9.17) is 0 Å². The zero-order chi connectivity index (χ0) is 13.8. The maximum Gasteiger partial charge on any atom is 0.148 e. The van der Waals surface area contributed by atoms with Gasteiger partial charge in [0, 0.05) is 20.1 Å². The van der Waals surface area contributed by atoms with E-state index in [2.05, 4.69) is 43.0 Å². The van der Waals surface area contributed by atoms with Gasteiger partial charge in [0.25, 0.3) is 0 Å². The summed E-state index contributed by atoms with van der Waals surface area (Å²) in [5.74, 6) is 2.30. The van der Waals surface area contributed by atoms with E-state index in [1.54, 1.807) is 6.33 Å². The Balaban J connectivity index is 2.02. The van der Waals surface area contributed by atoms with E-state index in [0.29, 0.717) is 5.92 Å². The maximum absolute atomic E-state index is 9.33. The quantitative estimate of drug-likeness (QED) is 0.838. The summed E-state index contributed by atoms with van der Waals surface area (Å²) < 4.78 is 0.908. The predicted molar refractivity (Wildman–Crippen MR) is 80.5 cm³/mol. The minimum atomic E-state index is -0.103. The minimum absolute atomic E-state index is 0.103. The highest BCUT2D eigenvalue weighted by atomic mass is 79.9. The summed E-state index contributed by atoms with van der Waals surface area (Å²) in [5, 5.41) is 12.6. The second kappa shape index (κ2) is 6.52. The normalized spacial score (nSPS) is 21.9. The van der Waals surface area contributed by atoms with Crippen molar-refractivity contribution in [1.82, 2.24) is 9.97 Å². The number of aliphatic hydroxyl groups is 1. The Morgan fingerprint density at radius 3 is 2.84 bits per heavy atom. The molecule has 1 aliphatic rings. The van der Waals surface area contributed by atoms with E-state index in [1.165, 1.54) is 0 Å². The third-order valence-electron chi connectivity index (χ3n) is 3.42. The number of hydrogen-bond donors (Lipinski definition) is 2. The first-order valence-corrected chi connectivity index (χ1v) is 7.54. The lowest BCUT2D eigenvalue weighted by Gasteiger charge is -2.35. The molecule has 2 rings (SSSR count). The molecule has 1 heterocycles. The number of rotatable bonds is 6. The summed E-state index contributed by atoms with van der Waals surface area (Å²) in [6.07, 6.45) is 4.34. The Morgan fingerprint density at radius 2 is 2.21 bits per heavy atom. The van der Waals surface area contributed by atoms with Gasteiger partial charge in [0.05, 0.1) is 6.10 Å². The average Bonchev–Trinajstić information content (AvgIpc) is 2.35. The first-order valence-electron chi connectivity index (χ1n) is 6.75. The largest absolute Gasteiger partial charge is 0.393 e. The number of aromatic nitrogens is 2. The highest BCUT2D eigenvalue weighted by Crippen LogP contribution is 2.32. The summed E-state index contributed by atoms with van der Waals surface area (Å²) in [4.78, 5) is 10.7. The van der Waals surface area contributed by atoms with E-state index in [9.17, 15) is 5.11 Å². The van der Waals surface area contributed by atoms with Crippen molar-refractivity contribution in [3.8, 4) is 0 Å². The van der Waals surface area contributed by atoms with Crippen LogP contribution in [0.2, 0.25) is 0 Å². The summed E-state index contributed by atoms with van der Waals surface area (Å²) in [7, 11) is 2.03. The van der Waals surface area contributed by atoms with Gasteiger partial charge in [-0.15, -0.1) is 0 Å². The molecule has 0 aliphatic heterocycles. The second-order valence-corrected chi connectivity index (χ2v) is 5.95. The number of hydrogen-bond acceptors (Lipinski definition) is 5. The molecular weight excluding hydrogens is 308 g/mol. The molecule has 0 radical (unpaired) electrons. The molecule has 1 aromatic heterocycles. The van der Waals surface area contributed by atoms with Crippen LogP contribution >= 0.6 is 15.9 Å². The number of nitrogens with one attached hydrogen (secondary N) is 1. The molecule has 1 fully saturated rings. The topological polar surface area (TPSA) is 61.3 Å². The van der Waals surface area contributed by atoms with Crippen LogP contribution in [0.4, 0.5) is 11.6 Å². The summed E-state index contributed by atoms with van der Waals surface area (Å²) in [6.45, 7) is 3.94. The van der Waals surface area contributed by atoms with Crippen LogP contribution in [0.3, 0.4) is 0 Å². The molecule has 5 nitrogen and oxygen atoms in total. The van der Waals surface area contributed by atoms with Crippen molar-refractivity contribution in [2.24, 2.45) is 5.92 Å². The Kier molecular flexibility index (Phi) is 4.99. The van der Waals surface area contributed by atoms with Crippen molar-refractivity contribution in [1.29, 1.82) is 0 Å². The van der Waals surface area contributed by atoms with Gasteiger partial charge in [-0.3, -0.25) is 0 Å². The first-order chi connectivity index (χ1) is 9.11. The van der Waals surface area contributed by atoms with Gasteiger partial charge in [-0.1, -0.05) is 6.92 Å². The average molecular weight is 329 g/mol. The first kappa shape index (κ1) is 14.5. The molecule has 1 aromatic rings. The van der Waals surface area contributed by atoms with Gasteiger partial charge in [0.1, 0.15) is 22.4 Å². The standard InChI is InChI=1S/C13H21BrN4O/c1-3-4-15-12-11(14)13(17-8-16-12)18(2)7-9-5-10(19)6-9/h8-10,19H,3-7H2,1-2H3,(H,15,16,17). The number of aliphatic hydroxyl groups excluding tert-OH is 1. The maximum atomic E-state index is 9.33. The Hall–Kier alpha value is -0.880. The lowest BCUT2D eigenvalue weighted by Crippen LogP contribution is -2.37. The zero-order valence-electron chi connectivity index (χ0n) is 11.4. The van der Waals surface area contributed by atoms with E-state index in [0.717, 1.165) is 48.5 Å². The van der Waals surface area contributed by atoms with Crippen molar-refractivity contribution in [2.75, 3.05) is 30.4 Å². The van der Waals surface area contributed by atoms with E-state index < -0.39 is 0 Å². The van der Waals surface area contributed by atoms with Crippen LogP contribution in [0.5, 0.6) is 0 Å². The molecule has 1 aliphatic carbocycles. The van der Waals surface area contributed by atoms with E-state index >= 15 is 0 Å². The molecule has 0 aromatic carbocycles. The molecule has 19 heavy (non-hydrogen) atoms. The van der Waals surface area contributed by atoms with Gasteiger partial charge in [-0.25, -0.2) is 9.97 Å². The van der Waals surface area contributed by atoms with Gasteiger partial charge in [0.15, 0.2) is 0 Å². The molecule has 106 valence electrons. The highest BCUT2D eigenvalue weighted by molar-refractivity contribution is 9.10. The summed E-state index contributed by atoms with van der Waals surface area (Å²) in [6, 6.07) is 0. The van der Waals surface area contributed by atoms with Gasteiger partial charge < -0.3 is 15.3 Å². The van der Waals surface area contributed by atoms with Crippen molar-refractivity contribution >= 4 is 27.6 Å². The molecule has 6 heteroatoms. The molecule has 0 spiro atoms. The van der Waals surface area contributed by atoms with Crippen LogP contribution in [0.15, 0.2) is 10.8 Å². The van der Waals surface area contributed by atoms with Crippen molar-refractivity contribution in [2.45, 2.75) is 32.3 Å². The molecule has 1 saturated carbocycles. The van der Waals surface area contributed by atoms with Crippen LogP contribution in [0, 0.1) is 5.92 Å². The predicted octanol–water partition coefficient (Wildman–Crippen LogP) is 2.27. The highest BCUT2D eigenvalue weighted by Gasteiger charge is 2.28. The van der Waals surface area contributed by atoms with E-state index in [-0.39, 0.29) is 6.10 Å². The van der Waals surface area contributed by atoms with Crippen LogP contribution < -0.4 is 10.2 Å². The van der Waals surface area contributed by atoms with Gasteiger partial charge in [0.2, 0.25) is 0 Å². The van der Waals surface area contributed by atoms with Crippen molar-refractivity contribution < 1.29 is 5.11 Å². The molecule has 0 bridgehead atoms. The van der Waals surface area contributed by atoms with Crippen LogP contribution in [-0.4, -0.2) is 41.3 Å². The van der Waals surface area contributed by atoms with Crippen LogP contribution in [0.1, 0.15) is 26.2 Å². The van der Waals surface area contributed by atoms with Gasteiger partial charge in [-0.05, 0) is 41.1 Å². The third-order valence-corrected chi connectivity index (χ3v) is 4.15. The van der Waals surface area contributed by atoms with E-state index in [1.807, 2.05) is 7.05 Å². The van der Waals surface area contributed by atoms with Gasteiger partial charge in [-0.2, -0.15) is 0 Å². The van der Waals surface area contributed by atoms with Gasteiger partial charge >= 0.3 is 0 Å². The number of nitrogens with zero attached hydrogens (tertiary/aromatic N) is 3. The Labute approximate surface area is 122 Å². The van der Waals surface area contributed by atoms with Crippen molar-refractivity contribution in [3.63, 3.8) is 0 Å². The molecule has 0 unspecified atom stereocenters. The van der Waals surface area contributed by atoms with Crippen molar-refractivity contribution in [3.05, 3.63) is 10.8 Å². The molecule has 0 saturated heterocycles. The lowest BCUT2D eigenvalue weighted by molar-refractivity contribution is 0.0464. The fourth-order valence-corrected chi connectivity index (χ4v) is 2.96. The zero-order valence-corrected chi connectivity index (χ0v) is 13.0. The summed E-state index contributed by atoms with van der Waals surface area (Å²) >= 11 is 3.58. The molecule has 2 N–H and O–H groups in total. The smallest absolute Gasteiger partial charge is 0.148 e. The number of halogens is 1. The Morgan fingerprint density at radius 1 is 1.47 bits per heavy atom. The fraction of sp³-hybridized carbons (Fsp3) is 0.692. The lowest BCUT2D eigenvalue weighted by atomic mass is 9.82. The Bertz CT molecular complexity index is 423. The second-order valence-electron chi connectivity index (χ2n) is 5.16. The monoisotopic (exact) mass is 328 g/mol. The third kappa shape index (κ3) is 3.57. The number of anilines is 2. The SMILES string of the molecule is CCCNc1ncnc(N(C)CC2CC(O)C2)c1Br. The summed E-state index contributed by atoms with van der Waals surface area (Å²) in [5.41, 5.74) is 0. The molecule has 0 amide bonds. The fourth-order valence-electron chi connectivity index (χ4n) is 2.32.